The van der Waals surface area contributed by atoms with E-state index in [0.29, 0.717) is 10.4 Å². The molecule has 0 saturated carbocycles. The molecule has 1 amide bonds. The van der Waals surface area contributed by atoms with Crippen LogP contribution in [0.4, 0.5) is 4.39 Å². The standard InChI is InChI=1S/C15H16FNO3S2/c1-9-6-7-21-14(9)15(18)17-10(2)11-4-5-13(12(16)8-11)22(3,19)20/h4-8,10H,1-3H3,(H,17,18)/t10-/m0/s1. The summed E-state index contributed by atoms with van der Waals surface area (Å²) in [7, 11) is -3.60. The summed E-state index contributed by atoms with van der Waals surface area (Å²) < 4.78 is 36.7. The fourth-order valence-corrected chi connectivity index (χ4v) is 3.59. The lowest BCUT2D eigenvalue weighted by Gasteiger charge is -2.15. The Hall–Kier alpha value is -1.73. The van der Waals surface area contributed by atoms with Crippen molar-refractivity contribution in [3.63, 3.8) is 0 Å². The van der Waals surface area contributed by atoms with Gasteiger partial charge >= 0.3 is 0 Å². The molecule has 22 heavy (non-hydrogen) atoms. The van der Waals surface area contributed by atoms with Gasteiger partial charge in [-0.1, -0.05) is 6.07 Å². The lowest BCUT2D eigenvalue weighted by molar-refractivity contribution is 0.0943. The topological polar surface area (TPSA) is 63.2 Å². The van der Waals surface area contributed by atoms with Crippen molar-refractivity contribution >= 4 is 27.1 Å². The van der Waals surface area contributed by atoms with Crippen LogP contribution in [0.1, 0.15) is 33.8 Å². The Labute approximate surface area is 132 Å². The summed E-state index contributed by atoms with van der Waals surface area (Å²) in [6, 6.07) is 5.29. The molecule has 2 rings (SSSR count). The summed E-state index contributed by atoms with van der Waals surface area (Å²) in [4.78, 5) is 12.4. The molecule has 7 heteroatoms. The molecule has 1 atom stereocenters. The number of carbonyl (C=O) groups is 1. The van der Waals surface area contributed by atoms with Gasteiger partial charge < -0.3 is 5.32 Å². The summed E-state index contributed by atoms with van der Waals surface area (Å²) in [5, 5.41) is 4.61. The van der Waals surface area contributed by atoms with E-state index in [-0.39, 0.29) is 10.8 Å². The van der Waals surface area contributed by atoms with Crippen molar-refractivity contribution in [3.8, 4) is 0 Å². The second kappa shape index (κ2) is 6.18. The van der Waals surface area contributed by atoms with Crippen molar-refractivity contribution in [2.24, 2.45) is 0 Å². The zero-order valence-electron chi connectivity index (χ0n) is 12.4. The van der Waals surface area contributed by atoms with E-state index < -0.39 is 21.7 Å². The largest absolute Gasteiger partial charge is 0.345 e. The number of amides is 1. The van der Waals surface area contributed by atoms with E-state index in [1.807, 2.05) is 18.4 Å². The molecule has 0 fully saturated rings. The van der Waals surface area contributed by atoms with Gasteiger partial charge in [-0.3, -0.25) is 4.79 Å². The van der Waals surface area contributed by atoms with E-state index >= 15 is 0 Å². The molecule has 0 aliphatic heterocycles. The average Bonchev–Trinajstić information content (AvgIpc) is 2.83. The number of rotatable bonds is 4. The van der Waals surface area contributed by atoms with Gasteiger partial charge in [0.05, 0.1) is 10.9 Å². The van der Waals surface area contributed by atoms with E-state index in [9.17, 15) is 17.6 Å². The smallest absolute Gasteiger partial charge is 0.262 e. The molecule has 0 bridgehead atoms. The van der Waals surface area contributed by atoms with Crippen LogP contribution in [0.25, 0.3) is 0 Å². The van der Waals surface area contributed by atoms with Gasteiger partial charge in [-0.15, -0.1) is 11.3 Å². The summed E-state index contributed by atoms with van der Waals surface area (Å²) >= 11 is 1.34. The molecule has 0 aliphatic rings. The van der Waals surface area contributed by atoms with Gasteiger partial charge in [-0.05, 0) is 48.6 Å². The molecular weight excluding hydrogens is 325 g/mol. The molecule has 2 aromatic rings. The lowest BCUT2D eigenvalue weighted by Crippen LogP contribution is -2.26. The summed E-state index contributed by atoms with van der Waals surface area (Å²) in [6.07, 6.45) is 0.954. The zero-order chi connectivity index (χ0) is 16.5. The van der Waals surface area contributed by atoms with Crippen LogP contribution in [-0.2, 0) is 9.84 Å². The van der Waals surface area contributed by atoms with E-state index in [2.05, 4.69) is 5.32 Å². The molecule has 1 aromatic heterocycles. The number of nitrogens with one attached hydrogen (secondary N) is 1. The highest BCUT2D eigenvalue weighted by Crippen LogP contribution is 2.22. The number of benzene rings is 1. The van der Waals surface area contributed by atoms with Crippen LogP contribution in [0.2, 0.25) is 0 Å². The Kier molecular flexibility index (Phi) is 4.67. The minimum Gasteiger partial charge on any atom is -0.345 e. The van der Waals surface area contributed by atoms with Gasteiger partial charge in [-0.25, -0.2) is 12.8 Å². The summed E-state index contributed by atoms with van der Waals surface area (Å²) in [5.41, 5.74) is 1.39. The Balaban J connectivity index is 2.20. The Morgan fingerprint density at radius 2 is 2.00 bits per heavy atom. The minimum absolute atomic E-state index is 0.229. The predicted octanol–water partition coefficient (Wildman–Crippen LogP) is 3.09. The third-order valence-corrected chi connectivity index (χ3v) is 5.42. The number of hydrogen-bond donors (Lipinski definition) is 1. The second-order valence-corrected chi connectivity index (χ2v) is 7.99. The van der Waals surface area contributed by atoms with Gasteiger partial charge in [0.2, 0.25) is 0 Å². The van der Waals surface area contributed by atoms with Gasteiger partial charge in [-0.2, -0.15) is 0 Å². The quantitative estimate of drug-likeness (QED) is 0.929. The molecule has 4 nitrogen and oxygen atoms in total. The third-order valence-electron chi connectivity index (χ3n) is 3.27. The highest BCUT2D eigenvalue weighted by molar-refractivity contribution is 7.90. The van der Waals surface area contributed by atoms with E-state index in [1.54, 1.807) is 6.92 Å². The van der Waals surface area contributed by atoms with E-state index in [1.165, 1.54) is 23.5 Å². The van der Waals surface area contributed by atoms with Gasteiger partial charge in [0.25, 0.3) is 5.91 Å². The highest BCUT2D eigenvalue weighted by Gasteiger charge is 2.18. The number of hydrogen-bond acceptors (Lipinski definition) is 4. The van der Waals surface area contributed by atoms with Crippen molar-refractivity contribution in [1.82, 2.24) is 5.32 Å². The first-order valence-electron chi connectivity index (χ1n) is 6.54. The summed E-state index contributed by atoms with van der Waals surface area (Å²) in [5.74, 6) is -1.04. The molecule has 0 aliphatic carbocycles. The third kappa shape index (κ3) is 3.53. The Morgan fingerprint density at radius 1 is 1.32 bits per heavy atom. The van der Waals surface area contributed by atoms with Crippen molar-refractivity contribution in [3.05, 3.63) is 51.5 Å². The Morgan fingerprint density at radius 3 is 2.50 bits per heavy atom. The maximum atomic E-state index is 13.9. The zero-order valence-corrected chi connectivity index (χ0v) is 14.0. The van der Waals surface area contributed by atoms with Gasteiger partial charge in [0, 0.05) is 6.26 Å². The Bertz CT molecular complexity index is 812. The van der Waals surface area contributed by atoms with Crippen LogP contribution in [0, 0.1) is 12.7 Å². The molecule has 1 heterocycles. The van der Waals surface area contributed by atoms with Crippen molar-refractivity contribution in [2.75, 3.05) is 6.26 Å². The second-order valence-electron chi connectivity index (χ2n) is 5.09. The molecule has 0 radical (unpaired) electrons. The number of aryl methyl sites for hydroxylation is 1. The maximum absolute atomic E-state index is 13.9. The number of carbonyl (C=O) groups excluding carboxylic acids is 1. The monoisotopic (exact) mass is 341 g/mol. The SMILES string of the molecule is Cc1ccsc1C(=O)N[C@@H](C)c1ccc(S(C)(=O)=O)c(F)c1. The molecule has 1 N–H and O–H groups in total. The number of halogens is 1. The number of thiophene rings is 1. The average molecular weight is 341 g/mol. The van der Waals surface area contributed by atoms with Crippen LogP contribution >= 0.6 is 11.3 Å². The predicted molar refractivity (Wildman–Crippen MR) is 84.4 cm³/mol. The van der Waals surface area contributed by atoms with Crippen LogP contribution in [-0.4, -0.2) is 20.6 Å². The van der Waals surface area contributed by atoms with Crippen LogP contribution in [0.5, 0.6) is 0 Å². The van der Waals surface area contributed by atoms with Crippen molar-refractivity contribution in [2.45, 2.75) is 24.8 Å². The molecule has 0 unspecified atom stereocenters. The lowest BCUT2D eigenvalue weighted by atomic mass is 10.1. The summed E-state index contributed by atoms with van der Waals surface area (Å²) in [6.45, 7) is 3.56. The first-order chi connectivity index (χ1) is 10.2. The van der Waals surface area contributed by atoms with Crippen molar-refractivity contribution < 1.29 is 17.6 Å². The molecule has 0 saturated heterocycles. The normalized spacial score (nSPS) is 12.9. The van der Waals surface area contributed by atoms with Gasteiger partial charge in [0.1, 0.15) is 10.7 Å². The first-order valence-corrected chi connectivity index (χ1v) is 9.31. The van der Waals surface area contributed by atoms with Gasteiger partial charge in [0.15, 0.2) is 9.84 Å². The maximum Gasteiger partial charge on any atom is 0.262 e. The number of sulfone groups is 1. The molecule has 0 spiro atoms. The van der Waals surface area contributed by atoms with Crippen molar-refractivity contribution in [1.29, 1.82) is 0 Å². The van der Waals surface area contributed by atoms with E-state index in [4.69, 9.17) is 0 Å². The first kappa shape index (κ1) is 16.6. The fourth-order valence-electron chi connectivity index (χ4n) is 2.04. The van der Waals surface area contributed by atoms with Crippen LogP contribution in [0.15, 0.2) is 34.5 Å². The minimum atomic E-state index is -3.60. The molecule has 118 valence electrons. The van der Waals surface area contributed by atoms with Crippen LogP contribution in [0.3, 0.4) is 0 Å². The fraction of sp³-hybridized carbons (Fsp3) is 0.267. The molecule has 1 aromatic carbocycles. The molecular formula is C15H16FNO3S2. The highest BCUT2D eigenvalue weighted by atomic mass is 32.2. The van der Waals surface area contributed by atoms with Crippen LogP contribution < -0.4 is 5.32 Å². The van der Waals surface area contributed by atoms with E-state index in [0.717, 1.165) is 17.9 Å².